The van der Waals surface area contributed by atoms with Gasteiger partial charge in [-0.3, -0.25) is 14.3 Å². The molecule has 4 aromatic rings. The molecule has 192 valence electrons. The second kappa shape index (κ2) is 8.53. The number of nitrogens with one attached hydrogen (secondary N) is 1. The van der Waals surface area contributed by atoms with Crippen LogP contribution < -0.4 is 4.72 Å². The maximum Gasteiger partial charge on any atom is 0.295 e. The molecule has 1 N–H and O–H groups in total. The van der Waals surface area contributed by atoms with E-state index in [1.165, 1.54) is 6.92 Å². The average Bonchev–Trinajstić information content (AvgIpc) is 3.25. The minimum atomic E-state index is -4.23. The zero-order valence-corrected chi connectivity index (χ0v) is 22.2. The molecule has 0 bridgehead atoms. The lowest BCUT2D eigenvalue weighted by atomic mass is 9.69. The predicted molar refractivity (Wildman–Crippen MR) is 146 cm³/mol. The van der Waals surface area contributed by atoms with E-state index in [0.29, 0.717) is 28.8 Å². The standard InChI is InChI=1S/C31H27NO5S/c1-18-25-27(33)28(34)26-21-13-9-17-31(2,3)23(21)16-15-22(26)29(25)37-30(18)38(35,36)32-24-14-8-7-12-20(24)19-10-5-4-6-11-19/h4-8,10-12,14-16,32H,9,13,17H2,1-3H3. The third kappa shape index (κ3) is 3.64. The van der Waals surface area contributed by atoms with Crippen molar-refractivity contribution >= 4 is 27.3 Å². The van der Waals surface area contributed by atoms with Gasteiger partial charge in [0.2, 0.25) is 16.7 Å². The quantitative estimate of drug-likeness (QED) is 0.299. The summed E-state index contributed by atoms with van der Waals surface area (Å²) in [6, 6.07) is 20.3. The molecule has 0 aliphatic heterocycles. The minimum Gasteiger partial charge on any atom is -0.442 e. The Balaban J connectivity index is 1.48. The van der Waals surface area contributed by atoms with Crippen molar-refractivity contribution in [3.63, 3.8) is 0 Å². The summed E-state index contributed by atoms with van der Waals surface area (Å²) in [6.45, 7) is 5.79. The molecule has 1 heterocycles. The molecule has 0 unspecified atom stereocenters. The van der Waals surface area contributed by atoms with Gasteiger partial charge < -0.3 is 4.42 Å². The number of carbonyl (C=O) groups excluding carboxylic acids is 2. The van der Waals surface area contributed by atoms with Crippen LogP contribution >= 0.6 is 0 Å². The molecule has 3 aromatic carbocycles. The van der Waals surface area contributed by atoms with Crippen molar-refractivity contribution in [2.24, 2.45) is 0 Å². The van der Waals surface area contributed by atoms with Crippen molar-refractivity contribution in [3.8, 4) is 22.5 Å². The van der Waals surface area contributed by atoms with Crippen molar-refractivity contribution in [2.45, 2.75) is 50.5 Å². The highest BCUT2D eigenvalue weighted by Gasteiger charge is 2.42. The molecule has 7 heteroatoms. The van der Waals surface area contributed by atoms with E-state index in [1.807, 2.05) is 48.5 Å². The maximum absolute atomic E-state index is 13.6. The van der Waals surface area contributed by atoms with E-state index in [1.54, 1.807) is 18.2 Å². The van der Waals surface area contributed by atoms with Gasteiger partial charge in [-0.2, -0.15) is 8.42 Å². The van der Waals surface area contributed by atoms with Crippen LogP contribution in [0.25, 0.3) is 22.5 Å². The summed E-state index contributed by atoms with van der Waals surface area (Å²) in [5.41, 5.74) is 4.74. The van der Waals surface area contributed by atoms with Crippen LogP contribution in [-0.2, 0) is 21.9 Å². The van der Waals surface area contributed by atoms with Gasteiger partial charge in [-0.25, -0.2) is 0 Å². The highest BCUT2D eigenvalue weighted by Crippen LogP contribution is 2.46. The highest BCUT2D eigenvalue weighted by molar-refractivity contribution is 7.92. The Labute approximate surface area is 221 Å². The molecule has 6 rings (SSSR count). The Morgan fingerprint density at radius 1 is 0.842 bits per heavy atom. The van der Waals surface area contributed by atoms with Gasteiger partial charge >= 0.3 is 0 Å². The number of furan rings is 1. The Morgan fingerprint density at radius 3 is 2.29 bits per heavy atom. The number of carbonyl (C=O) groups is 2. The van der Waals surface area contributed by atoms with E-state index in [-0.39, 0.29) is 27.4 Å². The second-order valence-electron chi connectivity index (χ2n) is 10.6. The van der Waals surface area contributed by atoms with Gasteiger partial charge in [0.05, 0.1) is 11.3 Å². The largest absolute Gasteiger partial charge is 0.442 e. The number of rotatable bonds is 4. The fourth-order valence-corrected chi connectivity index (χ4v) is 7.16. The molecule has 0 atom stereocenters. The van der Waals surface area contributed by atoms with Crippen LogP contribution in [0, 0.1) is 6.92 Å². The molecular weight excluding hydrogens is 498 g/mol. The third-order valence-electron chi connectivity index (χ3n) is 7.78. The first-order valence-corrected chi connectivity index (χ1v) is 14.1. The van der Waals surface area contributed by atoms with Gasteiger partial charge in [-0.15, -0.1) is 0 Å². The molecule has 0 radical (unpaired) electrons. The Kier molecular flexibility index (Phi) is 5.47. The van der Waals surface area contributed by atoms with Crippen LogP contribution in [0.5, 0.6) is 0 Å². The van der Waals surface area contributed by atoms with E-state index >= 15 is 0 Å². The molecule has 6 nitrogen and oxygen atoms in total. The van der Waals surface area contributed by atoms with E-state index in [0.717, 1.165) is 29.5 Å². The molecule has 0 saturated carbocycles. The number of ketones is 2. The number of Topliss-reactive ketones (excluding diaryl/α,β-unsaturated/α-hetero) is 2. The SMILES string of the molecule is Cc1c(S(=O)(=O)Nc2ccccc2-c2ccccc2)oc2c1C(=O)C(=O)c1c-2ccc2c1CCCC2(C)C. The summed E-state index contributed by atoms with van der Waals surface area (Å²) >= 11 is 0. The zero-order chi connectivity index (χ0) is 26.8. The number of hydrogen-bond donors (Lipinski definition) is 1. The van der Waals surface area contributed by atoms with Crippen LogP contribution in [0.3, 0.4) is 0 Å². The van der Waals surface area contributed by atoms with E-state index in [4.69, 9.17) is 4.42 Å². The lowest BCUT2D eigenvalue weighted by Gasteiger charge is -2.34. The summed E-state index contributed by atoms with van der Waals surface area (Å²) in [5.74, 6) is -1.18. The van der Waals surface area contributed by atoms with Crippen LogP contribution in [0.15, 0.2) is 76.2 Å². The van der Waals surface area contributed by atoms with Crippen molar-refractivity contribution in [1.82, 2.24) is 0 Å². The Bertz CT molecular complexity index is 1750. The van der Waals surface area contributed by atoms with E-state index in [2.05, 4.69) is 18.6 Å². The van der Waals surface area contributed by atoms with Gasteiger partial charge in [0.15, 0.2) is 0 Å². The molecule has 2 aliphatic carbocycles. The molecule has 1 aromatic heterocycles. The number of benzene rings is 3. The lowest BCUT2D eigenvalue weighted by Crippen LogP contribution is -2.29. The van der Waals surface area contributed by atoms with Gasteiger partial charge in [-0.05, 0) is 54.4 Å². The highest BCUT2D eigenvalue weighted by atomic mass is 32.2. The predicted octanol–water partition coefficient (Wildman–Crippen LogP) is 6.72. The summed E-state index contributed by atoms with van der Waals surface area (Å²) in [5, 5.41) is -0.364. The number of hydrogen-bond acceptors (Lipinski definition) is 5. The summed E-state index contributed by atoms with van der Waals surface area (Å²) in [7, 11) is -4.23. The van der Waals surface area contributed by atoms with Gasteiger partial charge in [-0.1, -0.05) is 74.5 Å². The first kappa shape index (κ1) is 24.4. The number of anilines is 1. The molecule has 38 heavy (non-hydrogen) atoms. The van der Waals surface area contributed by atoms with Crippen molar-refractivity contribution in [1.29, 1.82) is 0 Å². The Hall–Kier alpha value is -3.97. The molecule has 0 spiro atoms. The number of sulfonamides is 1. The van der Waals surface area contributed by atoms with Crippen molar-refractivity contribution < 1.29 is 22.4 Å². The minimum absolute atomic E-state index is 0.0224. The van der Waals surface area contributed by atoms with E-state index in [9.17, 15) is 18.0 Å². The first-order chi connectivity index (χ1) is 18.1. The second-order valence-corrected chi connectivity index (χ2v) is 12.2. The zero-order valence-electron chi connectivity index (χ0n) is 21.4. The number of fused-ring (bicyclic) bond motifs is 5. The van der Waals surface area contributed by atoms with Gasteiger partial charge in [0.25, 0.3) is 10.0 Å². The Morgan fingerprint density at radius 2 is 1.53 bits per heavy atom. The van der Waals surface area contributed by atoms with Crippen LogP contribution in [-0.4, -0.2) is 20.0 Å². The fraction of sp³-hybridized carbons (Fsp3) is 0.226. The fourth-order valence-electron chi connectivity index (χ4n) is 5.90. The number of para-hydroxylation sites is 1. The maximum atomic E-state index is 13.6. The third-order valence-corrected chi connectivity index (χ3v) is 9.15. The average molecular weight is 526 g/mol. The molecular formula is C31H27NO5S. The van der Waals surface area contributed by atoms with E-state index < -0.39 is 21.6 Å². The first-order valence-electron chi connectivity index (χ1n) is 12.7. The molecule has 2 aliphatic rings. The van der Waals surface area contributed by atoms with Crippen molar-refractivity contribution in [3.05, 3.63) is 94.5 Å². The molecule has 0 saturated heterocycles. The smallest absolute Gasteiger partial charge is 0.295 e. The van der Waals surface area contributed by atoms with Gasteiger partial charge in [0, 0.05) is 22.3 Å². The molecule has 0 fully saturated rings. The lowest BCUT2D eigenvalue weighted by molar-refractivity contribution is 0.0813. The van der Waals surface area contributed by atoms with Crippen molar-refractivity contribution in [2.75, 3.05) is 4.72 Å². The topological polar surface area (TPSA) is 93.4 Å². The summed E-state index contributed by atoms with van der Waals surface area (Å²) in [6.07, 6.45) is 2.59. The normalized spacial score (nSPS) is 16.0. The summed E-state index contributed by atoms with van der Waals surface area (Å²) < 4.78 is 35.9. The van der Waals surface area contributed by atoms with Crippen LogP contribution in [0.4, 0.5) is 5.69 Å². The van der Waals surface area contributed by atoms with Crippen LogP contribution in [0.1, 0.15) is 64.1 Å². The summed E-state index contributed by atoms with van der Waals surface area (Å²) in [4.78, 5) is 26.8. The monoisotopic (exact) mass is 525 g/mol. The van der Waals surface area contributed by atoms with Crippen LogP contribution in [0.2, 0.25) is 0 Å². The van der Waals surface area contributed by atoms with Gasteiger partial charge in [0.1, 0.15) is 5.76 Å². The molecule has 0 amide bonds.